The van der Waals surface area contributed by atoms with E-state index in [9.17, 15) is 14.4 Å². The van der Waals surface area contributed by atoms with Crippen LogP contribution in [-0.2, 0) is 14.3 Å². The van der Waals surface area contributed by atoms with Crippen molar-refractivity contribution in [2.24, 2.45) is 0 Å². The molecule has 1 atom stereocenters. The Balaban J connectivity index is 2.63. The van der Waals surface area contributed by atoms with Crippen molar-refractivity contribution in [2.75, 3.05) is 13.7 Å². The quantitative estimate of drug-likeness (QED) is 0.808. The summed E-state index contributed by atoms with van der Waals surface area (Å²) in [7, 11) is 1.26. The third-order valence-corrected chi connectivity index (χ3v) is 2.99. The van der Waals surface area contributed by atoms with Crippen molar-refractivity contribution in [3.05, 3.63) is 12.2 Å². The molecule has 1 aliphatic carbocycles. The van der Waals surface area contributed by atoms with Crippen molar-refractivity contribution in [1.82, 2.24) is 10.2 Å². The molecule has 1 rings (SSSR count). The highest BCUT2D eigenvalue weighted by Crippen LogP contribution is 2.17. The average Bonchev–Trinajstić information content (AvgIpc) is 2.42. The van der Waals surface area contributed by atoms with Gasteiger partial charge in [0.1, 0.15) is 12.1 Å². The Morgan fingerprint density at radius 2 is 2.00 bits per heavy atom. The minimum absolute atomic E-state index is 0.203. The van der Waals surface area contributed by atoms with Crippen molar-refractivity contribution in [3.8, 4) is 0 Å². The number of carbonyl (C=O) groups excluding carboxylic acids is 3. The Labute approximate surface area is 130 Å². The summed E-state index contributed by atoms with van der Waals surface area (Å²) in [5.74, 6) is -0.612. The molecule has 0 bridgehead atoms. The monoisotopic (exact) mass is 312 g/mol. The van der Waals surface area contributed by atoms with Crippen LogP contribution in [0.5, 0.6) is 0 Å². The fourth-order valence-corrected chi connectivity index (χ4v) is 2.10. The molecule has 0 saturated heterocycles. The Kier molecular flexibility index (Phi) is 6.39. The molecule has 7 heteroatoms. The number of nitrogens with one attached hydrogen (secondary N) is 1. The van der Waals surface area contributed by atoms with Crippen molar-refractivity contribution in [3.63, 3.8) is 0 Å². The standard InChI is InChI=1S/C15H24N2O5/c1-15(2,3)22-13(19)16-12(18)10-17(14(20)21-4)11-8-6-5-7-9-11/h6,8,11H,5,7,9-10H2,1-4H3,(H,16,18,19)/t11-/m1/s1. The second kappa shape index (κ2) is 7.82. The van der Waals surface area contributed by atoms with E-state index in [1.165, 1.54) is 12.0 Å². The molecule has 1 aliphatic rings. The number of hydrogen-bond donors (Lipinski definition) is 1. The minimum Gasteiger partial charge on any atom is -0.453 e. The molecule has 124 valence electrons. The molecule has 3 amide bonds. The van der Waals surface area contributed by atoms with Crippen LogP contribution in [0, 0.1) is 0 Å². The van der Waals surface area contributed by atoms with Gasteiger partial charge in [-0.25, -0.2) is 9.59 Å². The van der Waals surface area contributed by atoms with Crippen molar-refractivity contribution < 1.29 is 23.9 Å². The third-order valence-electron chi connectivity index (χ3n) is 2.99. The number of imide groups is 1. The first kappa shape index (κ1) is 18.0. The van der Waals surface area contributed by atoms with E-state index in [0.29, 0.717) is 0 Å². The summed E-state index contributed by atoms with van der Waals surface area (Å²) in [5.41, 5.74) is -0.696. The molecule has 1 N–H and O–H groups in total. The molecular formula is C15H24N2O5. The molecule has 0 spiro atoms. The van der Waals surface area contributed by atoms with E-state index in [2.05, 4.69) is 5.32 Å². The van der Waals surface area contributed by atoms with Crippen LogP contribution in [0.25, 0.3) is 0 Å². The second-order valence-electron chi connectivity index (χ2n) is 6.07. The molecule has 0 radical (unpaired) electrons. The van der Waals surface area contributed by atoms with Crippen LogP contribution in [0.15, 0.2) is 12.2 Å². The van der Waals surface area contributed by atoms with Crippen LogP contribution in [0.4, 0.5) is 9.59 Å². The summed E-state index contributed by atoms with van der Waals surface area (Å²) in [6.07, 6.45) is 5.05. The van der Waals surface area contributed by atoms with Crippen LogP contribution in [0.1, 0.15) is 40.0 Å². The Bertz CT molecular complexity index is 453. The zero-order valence-corrected chi connectivity index (χ0v) is 13.5. The van der Waals surface area contributed by atoms with Gasteiger partial charge >= 0.3 is 12.2 Å². The summed E-state index contributed by atoms with van der Waals surface area (Å²) in [6, 6.07) is -0.203. The summed E-state index contributed by atoms with van der Waals surface area (Å²) >= 11 is 0. The van der Waals surface area contributed by atoms with Gasteiger partial charge in [0, 0.05) is 0 Å². The summed E-state index contributed by atoms with van der Waals surface area (Å²) in [4.78, 5) is 36.6. The van der Waals surface area contributed by atoms with Gasteiger partial charge in [-0.1, -0.05) is 12.2 Å². The van der Waals surface area contributed by atoms with Gasteiger partial charge in [0.05, 0.1) is 13.2 Å². The predicted molar refractivity (Wildman–Crippen MR) is 80.3 cm³/mol. The Morgan fingerprint density at radius 1 is 1.32 bits per heavy atom. The van der Waals surface area contributed by atoms with E-state index < -0.39 is 23.7 Å². The number of rotatable bonds is 3. The van der Waals surface area contributed by atoms with E-state index in [-0.39, 0.29) is 12.6 Å². The SMILES string of the molecule is COC(=O)N(CC(=O)NC(=O)OC(C)(C)C)[C@@H]1C=CCCC1. The molecular weight excluding hydrogens is 288 g/mol. The molecule has 0 aromatic heterocycles. The van der Waals surface area contributed by atoms with Gasteiger partial charge in [0.15, 0.2) is 0 Å². The maximum absolute atomic E-state index is 11.9. The molecule has 0 aromatic carbocycles. The highest BCUT2D eigenvalue weighted by atomic mass is 16.6. The van der Waals surface area contributed by atoms with E-state index in [1.807, 2.05) is 12.2 Å². The number of methoxy groups -OCH3 is 1. The molecule has 0 saturated carbocycles. The number of ether oxygens (including phenoxy) is 2. The summed E-state index contributed by atoms with van der Waals surface area (Å²) in [5, 5.41) is 2.11. The Morgan fingerprint density at radius 3 is 2.50 bits per heavy atom. The van der Waals surface area contributed by atoms with Gasteiger partial charge in [-0.2, -0.15) is 0 Å². The van der Waals surface area contributed by atoms with E-state index in [0.717, 1.165) is 19.3 Å². The van der Waals surface area contributed by atoms with Crippen molar-refractivity contribution in [1.29, 1.82) is 0 Å². The summed E-state index contributed by atoms with van der Waals surface area (Å²) in [6.45, 7) is 4.83. The van der Waals surface area contributed by atoms with Crippen LogP contribution >= 0.6 is 0 Å². The predicted octanol–water partition coefficient (Wildman–Crippen LogP) is 2.21. The van der Waals surface area contributed by atoms with Crippen molar-refractivity contribution in [2.45, 2.75) is 51.7 Å². The fourth-order valence-electron chi connectivity index (χ4n) is 2.10. The van der Waals surface area contributed by atoms with Gasteiger partial charge in [-0.3, -0.25) is 15.0 Å². The molecule has 7 nitrogen and oxygen atoms in total. The highest BCUT2D eigenvalue weighted by Gasteiger charge is 2.27. The number of amides is 3. The van der Waals surface area contributed by atoms with Gasteiger partial charge in [-0.05, 0) is 40.0 Å². The minimum atomic E-state index is -0.832. The van der Waals surface area contributed by atoms with Crippen LogP contribution in [0.2, 0.25) is 0 Å². The fraction of sp³-hybridized carbons (Fsp3) is 0.667. The topological polar surface area (TPSA) is 84.9 Å². The first-order chi connectivity index (χ1) is 10.2. The maximum atomic E-state index is 11.9. The van der Waals surface area contributed by atoms with Crippen LogP contribution in [-0.4, -0.2) is 48.3 Å². The molecule has 0 aromatic rings. The lowest BCUT2D eigenvalue weighted by molar-refractivity contribution is -0.121. The Hall–Kier alpha value is -2.05. The lowest BCUT2D eigenvalue weighted by Crippen LogP contribution is -2.48. The zero-order chi connectivity index (χ0) is 16.8. The zero-order valence-electron chi connectivity index (χ0n) is 13.5. The largest absolute Gasteiger partial charge is 0.453 e. The van der Waals surface area contributed by atoms with Gasteiger partial charge < -0.3 is 9.47 Å². The van der Waals surface area contributed by atoms with Gasteiger partial charge in [0.25, 0.3) is 0 Å². The van der Waals surface area contributed by atoms with Crippen LogP contribution < -0.4 is 5.32 Å². The molecule has 0 unspecified atom stereocenters. The first-order valence-electron chi connectivity index (χ1n) is 7.27. The van der Waals surface area contributed by atoms with Crippen LogP contribution in [0.3, 0.4) is 0 Å². The molecule has 0 heterocycles. The number of carbonyl (C=O) groups is 3. The average molecular weight is 312 g/mol. The number of alkyl carbamates (subject to hydrolysis) is 1. The maximum Gasteiger partial charge on any atom is 0.414 e. The van der Waals surface area contributed by atoms with E-state index in [4.69, 9.17) is 9.47 Å². The third kappa shape index (κ3) is 6.15. The smallest absolute Gasteiger partial charge is 0.414 e. The second-order valence-corrected chi connectivity index (χ2v) is 6.07. The van der Waals surface area contributed by atoms with E-state index in [1.54, 1.807) is 20.8 Å². The number of hydrogen-bond acceptors (Lipinski definition) is 5. The first-order valence-corrected chi connectivity index (χ1v) is 7.27. The van der Waals surface area contributed by atoms with Crippen molar-refractivity contribution >= 4 is 18.1 Å². The van der Waals surface area contributed by atoms with Gasteiger partial charge in [0.2, 0.25) is 5.91 Å². The summed E-state index contributed by atoms with van der Waals surface area (Å²) < 4.78 is 9.71. The lowest BCUT2D eigenvalue weighted by atomic mass is 10.0. The normalized spacial score (nSPS) is 17.5. The lowest BCUT2D eigenvalue weighted by Gasteiger charge is -2.29. The molecule has 22 heavy (non-hydrogen) atoms. The molecule has 0 aliphatic heterocycles. The number of allylic oxidation sites excluding steroid dienone is 1. The number of nitrogens with zero attached hydrogens (tertiary/aromatic N) is 1. The highest BCUT2D eigenvalue weighted by molar-refractivity contribution is 5.94. The van der Waals surface area contributed by atoms with E-state index >= 15 is 0 Å². The van der Waals surface area contributed by atoms with Gasteiger partial charge in [-0.15, -0.1) is 0 Å². The molecule has 0 fully saturated rings.